The molecule has 0 aliphatic heterocycles. The molecule has 0 heterocycles. The number of benzene rings is 2. The number of hydrogen-bond donors (Lipinski definition) is 1. The van der Waals surface area contributed by atoms with Crippen molar-refractivity contribution in [3.8, 4) is 0 Å². The third-order valence-electron chi connectivity index (χ3n) is 2.95. The third kappa shape index (κ3) is 3.85. The standard InChI is InChI=1S/C15H14BrF2N/c1-10(12-5-6-15(18)14(16)8-12)19-9-11-3-2-4-13(17)7-11/h2-8,10,19H,9H2,1H3. The SMILES string of the molecule is CC(NCc1cccc(F)c1)c1ccc(F)c(Br)c1. The second-order valence-electron chi connectivity index (χ2n) is 4.41. The molecular weight excluding hydrogens is 312 g/mol. The van der Waals surface area contributed by atoms with Crippen molar-refractivity contribution in [3.05, 3.63) is 69.7 Å². The van der Waals surface area contributed by atoms with E-state index in [2.05, 4.69) is 21.2 Å². The van der Waals surface area contributed by atoms with Crippen LogP contribution in [0.1, 0.15) is 24.1 Å². The maximum Gasteiger partial charge on any atom is 0.137 e. The van der Waals surface area contributed by atoms with Crippen molar-refractivity contribution < 1.29 is 8.78 Å². The van der Waals surface area contributed by atoms with Crippen molar-refractivity contribution >= 4 is 15.9 Å². The number of halogens is 3. The second kappa shape index (κ2) is 6.26. The van der Waals surface area contributed by atoms with Crippen LogP contribution in [0, 0.1) is 11.6 Å². The molecule has 0 amide bonds. The maximum atomic E-state index is 13.1. The molecule has 1 nitrogen and oxygen atoms in total. The minimum absolute atomic E-state index is 0.0557. The molecule has 0 radical (unpaired) electrons. The second-order valence-corrected chi connectivity index (χ2v) is 5.26. The van der Waals surface area contributed by atoms with Gasteiger partial charge in [0.15, 0.2) is 0 Å². The van der Waals surface area contributed by atoms with Gasteiger partial charge in [-0.1, -0.05) is 18.2 Å². The van der Waals surface area contributed by atoms with Gasteiger partial charge in [0.25, 0.3) is 0 Å². The zero-order chi connectivity index (χ0) is 13.8. The van der Waals surface area contributed by atoms with E-state index in [0.717, 1.165) is 11.1 Å². The van der Waals surface area contributed by atoms with Gasteiger partial charge >= 0.3 is 0 Å². The van der Waals surface area contributed by atoms with Gasteiger partial charge in [-0.3, -0.25) is 0 Å². The Labute approximate surface area is 119 Å². The molecule has 0 saturated carbocycles. The number of hydrogen-bond acceptors (Lipinski definition) is 1. The Kier molecular flexibility index (Phi) is 4.66. The first-order chi connectivity index (χ1) is 9.06. The topological polar surface area (TPSA) is 12.0 Å². The third-order valence-corrected chi connectivity index (χ3v) is 3.55. The van der Waals surface area contributed by atoms with E-state index in [1.807, 2.05) is 13.0 Å². The summed E-state index contributed by atoms with van der Waals surface area (Å²) < 4.78 is 26.6. The molecule has 1 N–H and O–H groups in total. The number of rotatable bonds is 4. The van der Waals surface area contributed by atoms with Crippen LogP contribution in [0.4, 0.5) is 8.78 Å². The van der Waals surface area contributed by atoms with E-state index >= 15 is 0 Å². The first-order valence-electron chi connectivity index (χ1n) is 5.99. The molecule has 1 atom stereocenters. The van der Waals surface area contributed by atoms with E-state index in [1.165, 1.54) is 18.2 Å². The van der Waals surface area contributed by atoms with Gasteiger partial charge in [0.2, 0.25) is 0 Å². The van der Waals surface area contributed by atoms with Gasteiger partial charge in [-0.15, -0.1) is 0 Å². The normalized spacial score (nSPS) is 12.4. The van der Waals surface area contributed by atoms with Crippen molar-refractivity contribution in [1.29, 1.82) is 0 Å². The first kappa shape index (κ1) is 14.2. The highest BCUT2D eigenvalue weighted by molar-refractivity contribution is 9.10. The predicted octanol–water partition coefficient (Wildman–Crippen LogP) is 4.58. The van der Waals surface area contributed by atoms with E-state index in [4.69, 9.17) is 0 Å². The first-order valence-corrected chi connectivity index (χ1v) is 6.78. The van der Waals surface area contributed by atoms with E-state index in [-0.39, 0.29) is 17.7 Å². The summed E-state index contributed by atoms with van der Waals surface area (Å²) in [6.45, 7) is 2.55. The van der Waals surface area contributed by atoms with Crippen molar-refractivity contribution in [2.75, 3.05) is 0 Å². The fourth-order valence-electron chi connectivity index (χ4n) is 1.82. The van der Waals surface area contributed by atoms with Gasteiger partial charge in [-0.25, -0.2) is 8.78 Å². The molecule has 19 heavy (non-hydrogen) atoms. The van der Waals surface area contributed by atoms with Gasteiger partial charge in [0.05, 0.1) is 4.47 Å². The van der Waals surface area contributed by atoms with E-state index < -0.39 is 0 Å². The Balaban J connectivity index is 2.01. The van der Waals surface area contributed by atoms with E-state index in [1.54, 1.807) is 18.2 Å². The van der Waals surface area contributed by atoms with Crippen LogP contribution in [-0.2, 0) is 6.54 Å². The summed E-state index contributed by atoms with van der Waals surface area (Å²) in [5, 5.41) is 3.28. The zero-order valence-electron chi connectivity index (χ0n) is 10.5. The molecule has 100 valence electrons. The van der Waals surface area contributed by atoms with Crippen molar-refractivity contribution in [2.45, 2.75) is 19.5 Å². The summed E-state index contributed by atoms with van der Waals surface area (Å²) in [5.41, 5.74) is 1.86. The Morgan fingerprint density at radius 2 is 1.95 bits per heavy atom. The van der Waals surface area contributed by atoms with Crippen LogP contribution >= 0.6 is 15.9 Å². The van der Waals surface area contributed by atoms with Gasteiger partial charge < -0.3 is 5.32 Å². The summed E-state index contributed by atoms with van der Waals surface area (Å²) in [6, 6.07) is 11.4. The van der Waals surface area contributed by atoms with Gasteiger partial charge in [0, 0.05) is 12.6 Å². The Morgan fingerprint density at radius 1 is 1.16 bits per heavy atom. The lowest BCUT2D eigenvalue weighted by Crippen LogP contribution is -2.18. The summed E-state index contributed by atoms with van der Waals surface area (Å²) in [7, 11) is 0. The molecule has 4 heteroatoms. The summed E-state index contributed by atoms with van der Waals surface area (Å²) in [5.74, 6) is -0.516. The van der Waals surface area contributed by atoms with Crippen molar-refractivity contribution in [2.24, 2.45) is 0 Å². The number of nitrogens with one attached hydrogen (secondary N) is 1. The van der Waals surface area contributed by atoms with Gasteiger partial charge in [-0.2, -0.15) is 0 Å². The Morgan fingerprint density at radius 3 is 2.63 bits per heavy atom. The molecule has 1 unspecified atom stereocenters. The molecule has 2 aromatic carbocycles. The quantitative estimate of drug-likeness (QED) is 0.867. The highest BCUT2D eigenvalue weighted by atomic mass is 79.9. The smallest absolute Gasteiger partial charge is 0.137 e. The molecule has 0 aliphatic rings. The Bertz CT molecular complexity index is 572. The van der Waals surface area contributed by atoms with Gasteiger partial charge in [-0.05, 0) is 58.2 Å². The molecule has 0 bridgehead atoms. The lowest BCUT2D eigenvalue weighted by molar-refractivity contribution is 0.565. The molecule has 0 fully saturated rings. The van der Waals surface area contributed by atoms with Crippen LogP contribution in [0.15, 0.2) is 46.9 Å². The lowest BCUT2D eigenvalue weighted by atomic mass is 10.1. The van der Waals surface area contributed by atoms with E-state index in [9.17, 15) is 8.78 Å². The predicted molar refractivity (Wildman–Crippen MR) is 75.8 cm³/mol. The molecule has 2 rings (SSSR count). The van der Waals surface area contributed by atoms with Crippen LogP contribution < -0.4 is 5.32 Å². The average molecular weight is 326 g/mol. The molecule has 0 aliphatic carbocycles. The monoisotopic (exact) mass is 325 g/mol. The summed E-state index contributed by atoms with van der Waals surface area (Å²) in [6.07, 6.45) is 0. The fraction of sp³-hybridized carbons (Fsp3) is 0.200. The molecular formula is C15H14BrF2N. The van der Waals surface area contributed by atoms with Crippen molar-refractivity contribution in [3.63, 3.8) is 0 Å². The highest BCUT2D eigenvalue weighted by Crippen LogP contribution is 2.21. The van der Waals surface area contributed by atoms with E-state index in [0.29, 0.717) is 11.0 Å². The zero-order valence-corrected chi connectivity index (χ0v) is 12.0. The lowest BCUT2D eigenvalue weighted by Gasteiger charge is -2.15. The van der Waals surface area contributed by atoms with Crippen LogP contribution in [0.5, 0.6) is 0 Å². The van der Waals surface area contributed by atoms with Crippen LogP contribution in [0.3, 0.4) is 0 Å². The minimum Gasteiger partial charge on any atom is -0.306 e. The van der Waals surface area contributed by atoms with Crippen molar-refractivity contribution in [1.82, 2.24) is 5.32 Å². The minimum atomic E-state index is -0.277. The summed E-state index contributed by atoms with van der Waals surface area (Å²) >= 11 is 3.17. The average Bonchev–Trinajstić information content (AvgIpc) is 2.39. The van der Waals surface area contributed by atoms with Gasteiger partial charge in [0.1, 0.15) is 11.6 Å². The molecule has 0 saturated heterocycles. The Hall–Kier alpha value is -1.26. The summed E-state index contributed by atoms with van der Waals surface area (Å²) in [4.78, 5) is 0. The molecule has 2 aromatic rings. The maximum absolute atomic E-state index is 13.1. The largest absolute Gasteiger partial charge is 0.306 e. The van der Waals surface area contributed by atoms with Crippen LogP contribution in [-0.4, -0.2) is 0 Å². The molecule has 0 spiro atoms. The fourth-order valence-corrected chi connectivity index (χ4v) is 2.21. The molecule has 0 aromatic heterocycles. The highest BCUT2D eigenvalue weighted by Gasteiger charge is 2.07. The van der Waals surface area contributed by atoms with Crippen LogP contribution in [0.2, 0.25) is 0 Å². The van der Waals surface area contributed by atoms with Crippen LogP contribution in [0.25, 0.3) is 0 Å².